The molecule has 1 heterocycles. The highest BCUT2D eigenvalue weighted by Crippen LogP contribution is 2.33. The van der Waals surface area contributed by atoms with Gasteiger partial charge in [-0.25, -0.2) is 4.79 Å². The van der Waals surface area contributed by atoms with Gasteiger partial charge in [-0.15, -0.1) is 0 Å². The van der Waals surface area contributed by atoms with Crippen LogP contribution in [0.3, 0.4) is 0 Å². The summed E-state index contributed by atoms with van der Waals surface area (Å²) in [4.78, 5) is 13.9. The molecule has 0 bridgehead atoms. The number of amides is 2. The first-order valence-electron chi connectivity index (χ1n) is 6.27. The average Bonchev–Trinajstić information content (AvgIpc) is 2.44. The smallest absolute Gasteiger partial charge is 0.318 e. The molecule has 2 N–H and O–H groups in total. The predicted octanol–water partition coefficient (Wildman–Crippen LogP) is 1.18. The molecule has 1 aliphatic carbocycles. The van der Waals surface area contributed by atoms with Gasteiger partial charge in [-0.1, -0.05) is 6.42 Å². The van der Waals surface area contributed by atoms with Gasteiger partial charge < -0.3 is 15.5 Å². The van der Waals surface area contributed by atoms with Crippen molar-refractivity contribution in [1.82, 2.24) is 15.5 Å². The van der Waals surface area contributed by atoms with Crippen LogP contribution in [0.4, 0.5) is 4.79 Å². The summed E-state index contributed by atoms with van der Waals surface area (Å²) >= 11 is 0. The van der Waals surface area contributed by atoms with Crippen molar-refractivity contribution in [1.29, 1.82) is 0 Å². The van der Waals surface area contributed by atoms with Crippen LogP contribution in [0, 0.1) is 5.92 Å². The highest BCUT2D eigenvalue weighted by Gasteiger charge is 2.42. The molecule has 2 fully saturated rings. The van der Waals surface area contributed by atoms with Gasteiger partial charge >= 0.3 is 6.03 Å². The molecule has 2 rings (SSSR count). The summed E-state index contributed by atoms with van der Waals surface area (Å²) in [5.74, 6) is 0.722. The molecule has 92 valence electrons. The Bertz CT molecular complexity index is 273. The van der Waals surface area contributed by atoms with Crippen molar-refractivity contribution in [2.24, 2.45) is 5.92 Å². The summed E-state index contributed by atoms with van der Waals surface area (Å²) in [6.07, 6.45) is 3.90. The third kappa shape index (κ3) is 2.03. The molecule has 4 nitrogen and oxygen atoms in total. The third-order valence-corrected chi connectivity index (χ3v) is 3.99. The van der Waals surface area contributed by atoms with Crippen molar-refractivity contribution in [3.05, 3.63) is 0 Å². The quantitative estimate of drug-likeness (QED) is 0.754. The fourth-order valence-corrected chi connectivity index (χ4v) is 2.72. The van der Waals surface area contributed by atoms with E-state index in [2.05, 4.69) is 24.5 Å². The minimum atomic E-state index is -0.0999. The molecule has 1 atom stereocenters. The molecule has 2 amide bonds. The monoisotopic (exact) mass is 225 g/mol. The third-order valence-electron chi connectivity index (χ3n) is 3.99. The Balaban J connectivity index is 1.98. The van der Waals surface area contributed by atoms with E-state index in [1.807, 2.05) is 11.9 Å². The number of hydrogen-bond acceptors (Lipinski definition) is 2. The van der Waals surface area contributed by atoms with E-state index in [1.54, 1.807) is 0 Å². The van der Waals surface area contributed by atoms with Crippen LogP contribution >= 0.6 is 0 Å². The van der Waals surface area contributed by atoms with E-state index < -0.39 is 0 Å². The Hall–Kier alpha value is -0.770. The molecular weight excluding hydrogens is 202 g/mol. The van der Waals surface area contributed by atoms with Crippen LogP contribution in [0.15, 0.2) is 0 Å². The van der Waals surface area contributed by atoms with E-state index in [-0.39, 0.29) is 11.6 Å². The fourth-order valence-electron chi connectivity index (χ4n) is 2.72. The Morgan fingerprint density at radius 2 is 2.19 bits per heavy atom. The highest BCUT2D eigenvalue weighted by atomic mass is 16.2. The van der Waals surface area contributed by atoms with Gasteiger partial charge in [0, 0.05) is 13.1 Å². The fraction of sp³-hybridized carbons (Fsp3) is 0.917. The predicted molar refractivity (Wildman–Crippen MR) is 64.4 cm³/mol. The van der Waals surface area contributed by atoms with Crippen molar-refractivity contribution >= 4 is 6.03 Å². The van der Waals surface area contributed by atoms with Crippen molar-refractivity contribution in [2.75, 3.05) is 20.1 Å². The number of likely N-dealkylation sites (N-methyl/N-ethyl adjacent to an activating group) is 1. The van der Waals surface area contributed by atoms with Gasteiger partial charge in [-0.3, -0.25) is 0 Å². The van der Waals surface area contributed by atoms with Gasteiger partial charge in [-0.05, 0) is 39.7 Å². The lowest BCUT2D eigenvalue weighted by molar-refractivity contribution is 0.151. The zero-order valence-corrected chi connectivity index (χ0v) is 10.5. The van der Waals surface area contributed by atoms with E-state index in [9.17, 15) is 4.79 Å². The minimum Gasteiger partial charge on any atom is -0.333 e. The highest BCUT2D eigenvalue weighted by molar-refractivity contribution is 5.77. The van der Waals surface area contributed by atoms with Crippen LogP contribution in [-0.2, 0) is 0 Å². The topological polar surface area (TPSA) is 44.4 Å². The maximum Gasteiger partial charge on any atom is 0.318 e. The summed E-state index contributed by atoms with van der Waals surface area (Å²) in [6.45, 7) is 5.94. The maximum absolute atomic E-state index is 11.9. The number of rotatable bonds is 4. The zero-order chi connectivity index (χ0) is 11.8. The van der Waals surface area contributed by atoms with Crippen LogP contribution in [0.1, 0.15) is 33.1 Å². The van der Waals surface area contributed by atoms with Crippen molar-refractivity contribution < 1.29 is 4.79 Å². The summed E-state index contributed by atoms with van der Waals surface area (Å²) < 4.78 is 0. The molecule has 2 aliphatic rings. The molecule has 16 heavy (non-hydrogen) atoms. The molecule has 1 aliphatic heterocycles. The van der Waals surface area contributed by atoms with Crippen molar-refractivity contribution in [2.45, 2.75) is 44.7 Å². The normalized spacial score (nSPS) is 26.8. The minimum absolute atomic E-state index is 0.0999. The molecular formula is C12H23N3O. The van der Waals surface area contributed by atoms with Crippen LogP contribution < -0.4 is 10.6 Å². The van der Waals surface area contributed by atoms with Crippen LogP contribution in [0.2, 0.25) is 0 Å². The molecule has 1 saturated carbocycles. The van der Waals surface area contributed by atoms with E-state index >= 15 is 0 Å². The number of urea groups is 1. The summed E-state index contributed by atoms with van der Waals surface area (Å²) in [7, 11) is 1.93. The second-order valence-corrected chi connectivity index (χ2v) is 5.70. The van der Waals surface area contributed by atoms with Gasteiger partial charge in [0.25, 0.3) is 0 Å². The van der Waals surface area contributed by atoms with Gasteiger partial charge in [0.05, 0.1) is 11.6 Å². The van der Waals surface area contributed by atoms with Gasteiger partial charge in [0.2, 0.25) is 0 Å². The number of carbonyl (C=O) groups excluding carboxylic acids is 1. The molecule has 1 saturated heterocycles. The number of nitrogens with zero attached hydrogens (tertiary/aromatic N) is 1. The van der Waals surface area contributed by atoms with Crippen molar-refractivity contribution in [3.63, 3.8) is 0 Å². The molecule has 0 radical (unpaired) electrons. The summed E-state index contributed by atoms with van der Waals surface area (Å²) in [5.41, 5.74) is -0.0999. The Kier molecular flexibility index (Phi) is 3.10. The number of carbonyl (C=O) groups is 1. The lowest BCUT2D eigenvalue weighted by Crippen LogP contribution is -2.51. The van der Waals surface area contributed by atoms with Crippen LogP contribution in [-0.4, -0.2) is 42.6 Å². The van der Waals surface area contributed by atoms with Crippen LogP contribution in [0.5, 0.6) is 0 Å². The SMILES string of the molecule is CNCC(C)(C)N1CC(C2CCC2)NC1=O. The number of nitrogens with one attached hydrogen (secondary N) is 2. The van der Waals surface area contributed by atoms with Gasteiger partial charge in [0.15, 0.2) is 0 Å². The lowest BCUT2D eigenvalue weighted by Gasteiger charge is -2.36. The second-order valence-electron chi connectivity index (χ2n) is 5.70. The zero-order valence-electron chi connectivity index (χ0n) is 10.5. The molecule has 0 spiro atoms. The molecule has 4 heteroatoms. The molecule has 0 aromatic rings. The average molecular weight is 225 g/mol. The van der Waals surface area contributed by atoms with Gasteiger partial charge in [0.1, 0.15) is 0 Å². The summed E-state index contributed by atoms with van der Waals surface area (Å²) in [6, 6.07) is 0.495. The van der Waals surface area contributed by atoms with E-state index in [0.29, 0.717) is 6.04 Å². The standard InChI is InChI=1S/C12H23N3O/c1-12(2,8-13-3)15-7-10(14-11(15)16)9-5-4-6-9/h9-10,13H,4-8H2,1-3H3,(H,14,16). The van der Waals surface area contributed by atoms with Crippen molar-refractivity contribution in [3.8, 4) is 0 Å². The maximum atomic E-state index is 11.9. The first-order valence-corrected chi connectivity index (χ1v) is 6.27. The lowest BCUT2D eigenvalue weighted by atomic mass is 9.80. The van der Waals surface area contributed by atoms with E-state index in [0.717, 1.165) is 19.0 Å². The first-order chi connectivity index (χ1) is 7.54. The van der Waals surface area contributed by atoms with Crippen LogP contribution in [0.25, 0.3) is 0 Å². The number of hydrogen-bond donors (Lipinski definition) is 2. The molecule has 1 unspecified atom stereocenters. The Morgan fingerprint density at radius 1 is 1.50 bits per heavy atom. The molecule has 0 aromatic carbocycles. The molecule has 0 aromatic heterocycles. The van der Waals surface area contributed by atoms with E-state index in [1.165, 1.54) is 19.3 Å². The second kappa shape index (κ2) is 4.24. The first kappa shape index (κ1) is 11.7. The Morgan fingerprint density at radius 3 is 2.69 bits per heavy atom. The summed E-state index contributed by atoms with van der Waals surface area (Å²) in [5, 5.41) is 6.29. The largest absolute Gasteiger partial charge is 0.333 e. The van der Waals surface area contributed by atoms with Gasteiger partial charge in [-0.2, -0.15) is 0 Å². The Labute approximate surface area is 97.8 Å². The van der Waals surface area contributed by atoms with E-state index in [4.69, 9.17) is 0 Å².